The van der Waals surface area contributed by atoms with Crippen molar-refractivity contribution in [1.29, 1.82) is 0 Å². The molecule has 2 heterocycles. The average Bonchev–Trinajstić information content (AvgIpc) is 3.12. The standard InChI is InChI=1S/C24H26N4O2/c1-16-20(17(2)28-24(25-16)21-7-5-6-8-22(21)26-28)13-14-23(29)27(3)15-18-9-11-19(30-4)12-10-18/h5-12H,13-15H2,1-4H3. The lowest BCUT2D eigenvalue weighted by molar-refractivity contribution is -0.130. The van der Waals surface area contributed by atoms with Crippen LogP contribution in [-0.2, 0) is 17.8 Å². The van der Waals surface area contributed by atoms with Crippen LogP contribution in [0.2, 0.25) is 0 Å². The van der Waals surface area contributed by atoms with Gasteiger partial charge in [-0.1, -0.05) is 24.3 Å². The van der Waals surface area contributed by atoms with Crippen LogP contribution in [0.15, 0.2) is 48.5 Å². The average molecular weight is 402 g/mol. The van der Waals surface area contributed by atoms with Crippen molar-refractivity contribution in [2.45, 2.75) is 33.2 Å². The van der Waals surface area contributed by atoms with Crippen LogP contribution in [-0.4, -0.2) is 39.6 Å². The largest absolute Gasteiger partial charge is 0.497 e. The summed E-state index contributed by atoms with van der Waals surface area (Å²) < 4.78 is 7.09. The van der Waals surface area contributed by atoms with E-state index in [4.69, 9.17) is 14.8 Å². The maximum atomic E-state index is 12.7. The molecule has 0 N–H and O–H groups in total. The van der Waals surface area contributed by atoms with Gasteiger partial charge >= 0.3 is 0 Å². The van der Waals surface area contributed by atoms with Gasteiger partial charge in [0, 0.05) is 36.8 Å². The molecule has 2 aromatic carbocycles. The summed E-state index contributed by atoms with van der Waals surface area (Å²) in [6, 6.07) is 15.8. The highest BCUT2D eigenvalue weighted by molar-refractivity contribution is 5.92. The summed E-state index contributed by atoms with van der Waals surface area (Å²) in [5.41, 5.74) is 5.95. The first kappa shape index (κ1) is 19.9. The molecule has 0 bridgehead atoms. The summed E-state index contributed by atoms with van der Waals surface area (Å²) in [7, 11) is 3.49. The molecule has 6 heteroatoms. The van der Waals surface area contributed by atoms with Crippen molar-refractivity contribution >= 4 is 22.5 Å². The van der Waals surface area contributed by atoms with E-state index in [0.29, 0.717) is 19.4 Å². The van der Waals surface area contributed by atoms with E-state index in [9.17, 15) is 4.79 Å². The first-order chi connectivity index (χ1) is 14.5. The SMILES string of the molecule is COc1ccc(CN(C)C(=O)CCc2c(C)nc3c4ccccc4nn3c2C)cc1. The molecule has 0 aliphatic heterocycles. The van der Waals surface area contributed by atoms with Crippen molar-refractivity contribution in [2.24, 2.45) is 0 Å². The molecule has 0 atom stereocenters. The zero-order chi connectivity index (χ0) is 21.3. The molecule has 0 saturated carbocycles. The van der Waals surface area contributed by atoms with Crippen LogP contribution < -0.4 is 4.74 Å². The molecular formula is C24H26N4O2. The van der Waals surface area contributed by atoms with Gasteiger partial charge in [0.2, 0.25) is 5.91 Å². The molecule has 0 saturated heterocycles. The van der Waals surface area contributed by atoms with Gasteiger partial charge in [0.25, 0.3) is 0 Å². The molecule has 154 valence electrons. The monoisotopic (exact) mass is 402 g/mol. The second-order valence-electron chi connectivity index (χ2n) is 7.61. The fourth-order valence-corrected chi connectivity index (χ4v) is 3.85. The van der Waals surface area contributed by atoms with Crippen LogP contribution >= 0.6 is 0 Å². The summed E-state index contributed by atoms with van der Waals surface area (Å²) in [6.45, 7) is 4.63. The fourth-order valence-electron chi connectivity index (χ4n) is 3.85. The Morgan fingerprint density at radius 2 is 1.83 bits per heavy atom. The highest BCUT2D eigenvalue weighted by Gasteiger charge is 2.16. The van der Waals surface area contributed by atoms with E-state index in [2.05, 4.69) is 6.92 Å². The van der Waals surface area contributed by atoms with Crippen molar-refractivity contribution in [3.63, 3.8) is 0 Å². The molecule has 0 radical (unpaired) electrons. The number of hydrogen-bond donors (Lipinski definition) is 0. The molecule has 0 aliphatic carbocycles. The maximum absolute atomic E-state index is 12.7. The van der Waals surface area contributed by atoms with Crippen molar-refractivity contribution in [2.75, 3.05) is 14.2 Å². The van der Waals surface area contributed by atoms with Gasteiger partial charge in [-0.3, -0.25) is 4.79 Å². The first-order valence-electron chi connectivity index (χ1n) is 10.1. The van der Waals surface area contributed by atoms with Gasteiger partial charge in [0.15, 0.2) is 5.65 Å². The Bertz CT molecular complexity index is 1210. The molecule has 0 fully saturated rings. The fraction of sp³-hybridized carbons (Fsp3) is 0.292. The third kappa shape index (κ3) is 3.73. The Hall–Kier alpha value is -3.41. The zero-order valence-corrected chi connectivity index (χ0v) is 17.8. The van der Waals surface area contributed by atoms with Gasteiger partial charge in [0.1, 0.15) is 5.75 Å². The van der Waals surface area contributed by atoms with E-state index in [1.807, 2.05) is 67.0 Å². The van der Waals surface area contributed by atoms with Crippen LogP contribution in [0, 0.1) is 13.8 Å². The van der Waals surface area contributed by atoms with E-state index >= 15 is 0 Å². The second kappa shape index (κ2) is 8.14. The third-order valence-electron chi connectivity index (χ3n) is 5.61. The number of hydrogen-bond acceptors (Lipinski definition) is 4. The van der Waals surface area contributed by atoms with E-state index < -0.39 is 0 Å². The molecule has 0 spiro atoms. The Balaban J connectivity index is 1.49. The number of nitrogens with zero attached hydrogens (tertiary/aromatic N) is 4. The Labute approximate surface area is 176 Å². The Morgan fingerprint density at radius 3 is 2.57 bits per heavy atom. The molecular weight excluding hydrogens is 376 g/mol. The van der Waals surface area contributed by atoms with Crippen LogP contribution in [0.1, 0.15) is 28.9 Å². The zero-order valence-electron chi connectivity index (χ0n) is 17.8. The predicted molar refractivity (Wildman–Crippen MR) is 118 cm³/mol. The minimum atomic E-state index is 0.107. The topological polar surface area (TPSA) is 59.7 Å². The Kier molecular flexibility index (Phi) is 5.40. The van der Waals surface area contributed by atoms with Gasteiger partial charge in [-0.25, -0.2) is 9.50 Å². The van der Waals surface area contributed by atoms with E-state index in [1.165, 1.54) is 0 Å². The number of methoxy groups -OCH3 is 1. The number of benzene rings is 2. The number of fused-ring (bicyclic) bond motifs is 3. The molecule has 1 amide bonds. The van der Waals surface area contributed by atoms with Crippen LogP contribution in [0.4, 0.5) is 0 Å². The van der Waals surface area contributed by atoms with Crippen molar-refractivity contribution in [1.82, 2.24) is 19.5 Å². The lowest BCUT2D eigenvalue weighted by atomic mass is 10.1. The van der Waals surface area contributed by atoms with Crippen molar-refractivity contribution in [3.05, 3.63) is 71.0 Å². The molecule has 6 nitrogen and oxygen atoms in total. The molecule has 0 aliphatic rings. The number of ether oxygens (including phenoxy) is 1. The van der Waals surface area contributed by atoms with Crippen molar-refractivity contribution in [3.8, 4) is 5.75 Å². The summed E-state index contributed by atoms with van der Waals surface area (Å²) in [5, 5.41) is 5.74. The van der Waals surface area contributed by atoms with Gasteiger partial charge in [-0.2, -0.15) is 5.10 Å². The summed E-state index contributed by atoms with van der Waals surface area (Å²) in [5.74, 6) is 0.920. The van der Waals surface area contributed by atoms with E-state index in [-0.39, 0.29) is 5.91 Å². The van der Waals surface area contributed by atoms with Gasteiger partial charge < -0.3 is 9.64 Å². The van der Waals surface area contributed by atoms with Crippen LogP contribution in [0.5, 0.6) is 5.75 Å². The van der Waals surface area contributed by atoms with Gasteiger partial charge in [-0.05, 0) is 55.7 Å². The normalized spacial score (nSPS) is 11.2. The maximum Gasteiger partial charge on any atom is 0.222 e. The minimum absolute atomic E-state index is 0.107. The number of carbonyl (C=O) groups excluding carboxylic acids is 1. The number of amides is 1. The number of aryl methyl sites for hydroxylation is 2. The predicted octanol–water partition coefficient (Wildman–Crippen LogP) is 4.10. The number of rotatable bonds is 6. The minimum Gasteiger partial charge on any atom is -0.497 e. The highest BCUT2D eigenvalue weighted by atomic mass is 16.5. The summed E-state index contributed by atoms with van der Waals surface area (Å²) in [6.07, 6.45) is 1.07. The summed E-state index contributed by atoms with van der Waals surface area (Å²) >= 11 is 0. The molecule has 4 rings (SSSR count). The second-order valence-corrected chi connectivity index (χ2v) is 7.61. The van der Waals surface area contributed by atoms with E-state index in [1.54, 1.807) is 12.0 Å². The lowest BCUT2D eigenvalue weighted by Crippen LogP contribution is -2.26. The third-order valence-corrected chi connectivity index (χ3v) is 5.61. The Morgan fingerprint density at radius 1 is 1.10 bits per heavy atom. The van der Waals surface area contributed by atoms with Gasteiger partial charge in [-0.15, -0.1) is 0 Å². The van der Waals surface area contributed by atoms with Gasteiger partial charge in [0.05, 0.1) is 12.6 Å². The number of aromatic nitrogens is 3. The first-order valence-corrected chi connectivity index (χ1v) is 10.1. The molecule has 4 aromatic rings. The highest BCUT2D eigenvalue weighted by Crippen LogP contribution is 2.23. The smallest absolute Gasteiger partial charge is 0.222 e. The van der Waals surface area contributed by atoms with Crippen LogP contribution in [0.25, 0.3) is 16.6 Å². The molecule has 2 aromatic heterocycles. The summed E-state index contributed by atoms with van der Waals surface area (Å²) in [4.78, 5) is 19.3. The lowest BCUT2D eigenvalue weighted by Gasteiger charge is -2.18. The van der Waals surface area contributed by atoms with Crippen LogP contribution in [0.3, 0.4) is 0 Å². The van der Waals surface area contributed by atoms with Crippen molar-refractivity contribution < 1.29 is 9.53 Å². The number of carbonyl (C=O) groups is 1. The quantitative estimate of drug-likeness (QED) is 0.487. The molecule has 0 unspecified atom stereocenters. The molecule has 30 heavy (non-hydrogen) atoms. The van der Waals surface area contributed by atoms with E-state index in [0.717, 1.165) is 44.8 Å².